The van der Waals surface area contributed by atoms with Gasteiger partial charge in [-0.3, -0.25) is 9.69 Å². The van der Waals surface area contributed by atoms with E-state index in [9.17, 15) is 4.79 Å². The predicted molar refractivity (Wildman–Crippen MR) is 83.9 cm³/mol. The summed E-state index contributed by atoms with van der Waals surface area (Å²) in [6, 6.07) is 9.57. The van der Waals surface area contributed by atoms with Crippen LogP contribution in [0.25, 0.3) is 0 Å². The number of aryl methyl sites for hydroxylation is 1. The second-order valence-electron chi connectivity index (χ2n) is 5.52. The quantitative estimate of drug-likeness (QED) is 0.872. The van der Waals surface area contributed by atoms with Crippen molar-refractivity contribution in [1.82, 2.24) is 15.0 Å². The number of hydrogen-bond donors (Lipinski definition) is 0. The van der Waals surface area contributed by atoms with Crippen LogP contribution in [0.3, 0.4) is 0 Å². The minimum atomic E-state index is -0.0562. The molecule has 22 heavy (non-hydrogen) atoms. The molecule has 2 aromatic rings. The van der Waals surface area contributed by atoms with Gasteiger partial charge >= 0.3 is 0 Å². The molecule has 6 heteroatoms. The number of rotatable bonds is 3. The molecule has 0 saturated carbocycles. The minimum absolute atomic E-state index is 0.0562. The first-order chi connectivity index (χ1) is 10.6. The molecule has 1 aliphatic rings. The average Bonchev–Trinajstić information content (AvgIpc) is 2.94. The van der Waals surface area contributed by atoms with Gasteiger partial charge in [-0.05, 0) is 24.6 Å². The average molecular weight is 320 g/mol. The first-order valence-corrected chi connectivity index (χ1v) is 7.69. The lowest BCUT2D eigenvalue weighted by atomic mass is 10.2. The number of benzene rings is 1. The first kappa shape index (κ1) is 15.1. The number of aromatic nitrogens is 1. The number of carbonyl (C=O) groups excluding carboxylic acids is 1. The predicted octanol–water partition coefficient (Wildman–Crippen LogP) is 2.59. The normalized spacial score (nSPS) is 16.0. The lowest BCUT2D eigenvalue weighted by Gasteiger charge is -2.34. The Morgan fingerprint density at radius 2 is 2.05 bits per heavy atom. The van der Waals surface area contributed by atoms with Crippen molar-refractivity contribution in [3.05, 3.63) is 52.4 Å². The Labute approximate surface area is 134 Å². The summed E-state index contributed by atoms with van der Waals surface area (Å²) in [6.45, 7) is 5.72. The summed E-state index contributed by atoms with van der Waals surface area (Å²) >= 11 is 6.01. The zero-order valence-corrected chi connectivity index (χ0v) is 13.2. The van der Waals surface area contributed by atoms with E-state index in [0.29, 0.717) is 24.5 Å². The van der Waals surface area contributed by atoms with E-state index in [1.54, 1.807) is 13.0 Å². The van der Waals surface area contributed by atoms with Crippen LogP contribution in [-0.2, 0) is 6.54 Å². The van der Waals surface area contributed by atoms with E-state index in [-0.39, 0.29) is 5.91 Å². The molecule has 116 valence electrons. The number of hydrogen-bond acceptors (Lipinski definition) is 4. The molecular formula is C16H18ClN3O2. The van der Waals surface area contributed by atoms with Gasteiger partial charge in [0, 0.05) is 43.8 Å². The molecule has 1 saturated heterocycles. The maximum atomic E-state index is 12.3. The highest BCUT2D eigenvalue weighted by Gasteiger charge is 2.24. The van der Waals surface area contributed by atoms with Crippen LogP contribution >= 0.6 is 11.6 Å². The van der Waals surface area contributed by atoms with Crippen LogP contribution in [-0.4, -0.2) is 47.0 Å². The molecule has 1 aliphatic heterocycles. The van der Waals surface area contributed by atoms with Crippen molar-refractivity contribution < 1.29 is 9.32 Å². The smallest absolute Gasteiger partial charge is 0.276 e. The van der Waals surface area contributed by atoms with E-state index in [1.165, 1.54) is 5.56 Å². The molecule has 2 heterocycles. The van der Waals surface area contributed by atoms with Gasteiger partial charge in [0.1, 0.15) is 5.76 Å². The molecule has 0 bridgehead atoms. The molecule has 1 aromatic heterocycles. The Morgan fingerprint density at radius 3 is 2.68 bits per heavy atom. The fourth-order valence-electron chi connectivity index (χ4n) is 2.63. The number of piperazine rings is 1. The molecule has 0 N–H and O–H groups in total. The van der Waals surface area contributed by atoms with Crippen LogP contribution in [0.2, 0.25) is 5.02 Å². The minimum Gasteiger partial charge on any atom is -0.361 e. The standard InChI is InChI=1S/C16H18ClN3O2/c1-12-9-15(18-22-12)16(21)20-7-5-19(6-8-20)11-13-3-2-4-14(17)10-13/h2-4,9-10H,5-8,11H2,1H3. The molecule has 1 fully saturated rings. The van der Waals surface area contributed by atoms with Crippen LogP contribution in [0.15, 0.2) is 34.9 Å². The van der Waals surface area contributed by atoms with E-state index in [4.69, 9.17) is 16.1 Å². The third-order valence-electron chi connectivity index (χ3n) is 3.80. The topological polar surface area (TPSA) is 49.6 Å². The highest BCUT2D eigenvalue weighted by Crippen LogP contribution is 2.15. The Kier molecular flexibility index (Phi) is 4.45. The Balaban J connectivity index is 1.55. The van der Waals surface area contributed by atoms with Gasteiger partial charge in [0.25, 0.3) is 5.91 Å². The van der Waals surface area contributed by atoms with Crippen LogP contribution in [0.4, 0.5) is 0 Å². The Morgan fingerprint density at radius 1 is 1.27 bits per heavy atom. The van der Waals surface area contributed by atoms with Crippen LogP contribution < -0.4 is 0 Å². The number of nitrogens with zero attached hydrogens (tertiary/aromatic N) is 3. The van der Waals surface area contributed by atoms with Gasteiger partial charge in [-0.2, -0.15) is 0 Å². The van der Waals surface area contributed by atoms with Gasteiger partial charge in [0.15, 0.2) is 5.69 Å². The summed E-state index contributed by atoms with van der Waals surface area (Å²) in [6.07, 6.45) is 0. The molecule has 1 amide bonds. The van der Waals surface area contributed by atoms with Crippen LogP contribution in [0.5, 0.6) is 0 Å². The third-order valence-corrected chi connectivity index (χ3v) is 4.04. The molecule has 3 rings (SSSR count). The fraction of sp³-hybridized carbons (Fsp3) is 0.375. The summed E-state index contributed by atoms with van der Waals surface area (Å²) in [5.74, 6) is 0.599. The number of carbonyl (C=O) groups is 1. The third kappa shape index (κ3) is 3.48. The van der Waals surface area contributed by atoms with Crippen molar-refractivity contribution in [2.75, 3.05) is 26.2 Å². The van der Waals surface area contributed by atoms with Crippen LogP contribution in [0.1, 0.15) is 21.8 Å². The van der Waals surface area contributed by atoms with Gasteiger partial charge in [-0.1, -0.05) is 28.9 Å². The summed E-state index contributed by atoms with van der Waals surface area (Å²) in [5, 5.41) is 4.55. The molecule has 5 nitrogen and oxygen atoms in total. The molecule has 0 radical (unpaired) electrons. The zero-order chi connectivity index (χ0) is 15.5. The molecule has 0 spiro atoms. The van der Waals surface area contributed by atoms with Gasteiger partial charge < -0.3 is 9.42 Å². The first-order valence-electron chi connectivity index (χ1n) is 7.31. The van der Waals surface area contributed by atoms with Gasteiger partial charge in [-0.25, -0.2) is 0 Å². The second kappa shape index (κ2) is 6.50. The zero-order valence-electron chi connectivity index (χ0n) is 12.5. The van der Waals surface area contributed by atoms with Gasteiger partial charge in [0.05, 0.1) is 0 Å². The molecule has 0 atom stereocenters. The SMILES string of the molecule is Cc1cc(C(=O)N2CCN(Cc3cccc(Cl)c3)CC2)no1. The lowest BCUT2D eigenvalue weighted by Crippen LogP contribution is -2.48. The number of amides is 1. The van der Waals surface area contributed by atoms with E-state index < -0.39 is 0 Å². The second-order valence-corrected chi connectivity index (χ2v) is 5.96. The molecular weight excluding hydrogens is 302 g/mol. The van der Waals surface area contributed by atoms with Gasteiger partial charge in [-0.15, -0.1) is 0 Å². The molecule has 0 unspecified atom stereocenters. The molecule has 1 aromatic carbocycles. The van der Waals surface area contributed by atoms with E-state index in [0.717, 1.165) is 24.7 Å². The fourth-order valence-corrected chi connectivity index (χ4v) is 2.84. The Hall–Kier alpha value is -1.85. The highest BCUT2D eigenvalue weighted by molar-refractivity contribution is 6.30. The largest absolute Gasteiger partial charge is 0.361 e. The maximum Gasteiger partial charge on any atom is 0.276 e. The van der Waals surface area contributed by atoms with Crippen molar-refractivity contribution in [2.24, 2.45) is 0 Å². The van der Waals surface area contributed by atoms with Crippen molar-refractivity contribution in [3.63, 3.8) is 0 Å². The van der Waals surface area contributed by atoms with E-state index in [2.05, 4.69) is 16.1 Å². The van der Waals surface area contributed by atoms with Crippen molar-refractivity contribution in [1.29, 1.82) is 0 Å². The van der Waals surface area contributed by atoms with Crippen molar-refractivity contribution in [3.8, 4) is 0 Å². The highest BCUT2D eigenvalue weighted by atomic mass is 35.5. The Bertz CT molecular complexity index is 663. The van der Waals surface area contributed by atoms with Crippen LogP contribution in [0, 0.1) is 6.92 Å². The van der Waals surface area contributed by atoms with Crippen molar-refractivity contribution >= 4 is 17.5 Å². The summed E-state index contributed by atoms with van der Waals surface area (Å²) in [5.41, 5.74) is 1.58. The summed E-state index contributed by atoms with van der Waals surface area (Å²) in [7, 11) is 0. The van der Waals surface area contributed by atoms with Gasteiger partial charge in [0.2, 0.25) is 0 Å². The number of halogens is 1. The summed E-state index contributed by atoms with van der Waals surface area (Å²) in [4.78, 5) is 16.4. The summed E-state index contributed by atoms with van der Waals surface area (Å²) < 4.78 is 4.97. The van der Waals surface area contributed by atoms with Crippen molar-refractivity contribution in [2.45, 2.75) is 13.5 Å². The van der Waals surface area contributed by atoms with E-state index >= 15 is 0 Å². The van der Waals surface area contributed by atoms with E-state index in [1.807, 2.05) is 23.1 Å². The molecule has 0 aliphatic carbocycles. The lowest BCUT2D eigenvalue weighted by molar-refractivity contribution is 0.0618. The monoisotopic (exact) mass is 319 g/mol. The maximum absolute atomic E-state index is 12.3.